The fourth-order valence-corrected chi connectivity index (χ4v) is 3.76. The van der Waals surface area contributed by atoms with Crippen LogP contribution in [0.2, 0.25) is 0 Å². The molecule has 2 saturated heterocycles. The van der Waals surface area contributed by atoms with Crippen molar-refractivity contribution < 1.29 is 9.47 Å². The van der Waals surface area contributed by atoms with Gasteiger partial charge in [0.1, 0.15) is 0 Å². The van der Waals surface area contributed by atoms with Gasteiger partial charge in [0, 0.05) is 59.2 Å². The number of likely N-dealkylation sites (tertiary alicyclic amines) is 1. The van der Waals surface area contributed by atoms with E-state index in [1.807, 2.05) is 7.05 Å². The van der Waals surface area contributed by atoms with E-state index in [2.05, 4.69) is 34.4 Å². The predicted molar refractivity (Wildman–Crippen MR) is 123 cm³/mol. The summed E-state index contributed by atoms with van der Waals surface area (Å²) in [5.41, 5.74) is 0. The largest absolute Gasteiger partial charge is 0.381 e. The van der Waals surface area contributed by atoms with Gasteiger partial charge in [-0.1, -0.05) is 6.92 Å². The fraction of sp³-hybridized carbons (Fsp3) is 0.950. The number of guanidine groups is 1. The van der Waals surface area contributed by atoms with Crippen LogP contribution in [0.5, 0.6) is 0 Å². The summed E-state index contributed by atoms with van der Waals surface area (Å²) in [7, 11) is 1.84. The molecular weight excluding hydrogens is 455 g/mol. The minimum atomic E-state index is 0. The number of halogens is 1. The molecule has 2 unspecified atom stereocenters. The number of aliphatic imine (C=N–C) groups is 1. The van der Waals surface area contributed by atoms with Gasteiger partial charge in [0.2, 0.25) is 0 Å². The zero-order valence-corrected chi connectivity index (χ0v) is 19.9. The molecule has 0 saturated carbocycles. The highest BCUT2D eigenvalue weighted by atomic mass is 127. The third kappa shape index (κ3) is 10.3. The van der Waals surface area contributed by atoms with E-state index in [0.717, 1.165) is 70.7 Å². The smallest absolute Gasteiger partial charge is 0.191 e. The summed E-state index contributed by atoms with van der Waals surface area (Å²) in [6.45, 7) is 12.4. The van der Waals surface area contributed by atoms with Crippen LogP contribution in [0.3, 0.4) is 0 Å². The van der Waals surface area contributed by atoms with Gasteiger partial charge in [-0.2, -0.15) is 0 Å². The van der Waals surface area contributed by atoms with Gasteiger partial charge < -0.3 is 20.1 Å². The minimum Gasteiger partial charge on any atom is -0.381 e. The van der Waals surface area contributed by atoms with Crippen molar-refractivity contribution in [1.29, 1.82) is 0 Å². The third-order valence-corrected chi connectivity index (χ3v) is 5.55. The van der Waals surface area contributed by atoms with Gasteiger partial charge in [0.25, 0.3) is 0 Å². The zero-order valence-electron chi connectivity index (χ0n) is 17.5. The molecule has 0 aliphatic carbocycles. The fourth-order valence-electron chi connectivity index (χ4n) is 3.76. The lowest BCUT2D eigenvalue weighted by molar-refractivity contribution is 0.0203. The van der Waals surface area contributed by atoms with Crippen molar-refractivity contribution in [2.45, 2.75) is 52.0 Å². The van der Waals surface area contributed by atoms with E-state index >= 15 is 0 Å². The number of nitrogens with zero attached hydrogens (tertiary/aromatic N) is 2. The number of hydrogen-bond donors (Lipinski definition) is 2. The molecule has 2 atom stereocenters. The van der Waals surface area contributed by atoms with Crippen LogP contribution in [0.25, 0.3) is 0 Å². The molecule has 7 heteroatoms. The van der Waals surface area contributed by atoms with E-state index in [1.54, 1.807) is 0 Å². The van der Waals surface area contributed by atoms with E-state index < -0.39 is 0 Å². The zero-order chi connectivity index (χ0) is 18.6. The number of ether oxygens (including phenoxy) is 2. The summed E-state index contributed by atoms with van der Waals surface area (Å²) in [5, 5.41) is 6.86. The highest BCUT2D eigenvalue weighted by molar-refractivity contribution is 14.0. The second-order valence-electron chi connectivity index (χ2n) is 7.96. The Morgan fingerprint density at radius 1 is 1.26 bits per heavy atom. The van der Waals surface area contributed by atoms with Gasteiger partial charge in [-0.15, -0.1) is 24.0 Å². The first-order valence-corrected chi connectivity index (χ1v) is 10.5. The maximum absolute atomic E-state index is 5.81. The van der Waals surface area contributed by atoms with Crippen LogP contribution in [-0.4, -0.2) is 76.6 Å². The summed E-state index contributed by atoms with van der Waals surface area (Å²) in [6.07, 6.45) is 5.98. The lowest BCUT2D eigenvalue weighted by atomic mass is 9.99. The van der Waals surface area contributed by atoms with Crippen LogP contribution in [-0.2, 0) is 9.47 Å². The van der Waals surface area contributed by atoms with E-state index in [4.69, 9.17) is 9.47 Å². The summed E-state index contributed by atoms with van der Waals surface area (Å²) >= 11 is 0. The molecule has 0 aromatic rings. The van der Waals surface area contributed by atoms with Gasteiger partial charge in [0.05, 0.1) is 0 Å². The molecule has 2 rings (SSSR count). The van der Waals surface area contributed by atoms with Gasteiger partial charge in [-0.05, 0) is 57.4 Å². The quantitative estimate of drug-likeness (QED) is 0.223. The molecule has 0 aromatic carbocycles. The molecule has 2 N–H and O–H groups in total. The molecule has 27 heavy (non-hydrogen) atoms. The molecule has 160 valence electrons. The van der Waals surface area contributed by atoms with E-state index in [9.17, 15) is 0 Å². The maximum Gasteiger partial charge on any atom is 0.191 e. The number of piperidine rings is 1. The van der Waals surface area contributed by atoms with E-state index in [-0.39, 0.29) is 24.0 Å². The highest BCUT2D eigenvalue weighted by Gasteiger charge is 2.20. The molecule has 0 radical (unpaired) electrons. The molecule has 2 aliphatic heterocycles. The van der Waals surface area contributed by atoms with Crippen LogP contribution in [0, 0.1) is 11.8 Å². The average Bonchev–Trinajstić information content (AvgIpc) is 2.67. The van der Waals surface area contributed by atoms with Gasteiger partial charge in [-0.3, -0.25) is 9.89 Å². The Morgan fingerprint density at radius 3 is 2.74 bits per heavy atom. The van der Waals surface area contributed by atoms with E-state index in [0.29, 0.717) is 12.0 Å². The summed E-state index contributed by atoms with van der Waals surface area (Å²) in [4.78, 5) is 6.93. The molecular formula is C20H41IN4O2. The van der Waals surface area contributed by atoms with E-state index in [1.165, 1.54) is 25.9 Å². The summed E-state index contributed by atoms with van der Waals surface area (Å²) in [5.74, 6) is 2.40. The number of nitrogens with one attached hydrogen (secondary N) is 2. The predicted octanol–water partition coefficient (Wildman–Crippen LogP) is 2.72. The second kappa shape index (κ2) is 14.8. The first-order valence-electron chi connectivity index (χ1n) is 10.5. The highest BCUT2D eigenvalue weighted by Crippen LogP contribution is 2.17. The molecule has 2 heterocycles. The first-order chi connectivity index (χ1) is 12.7. The van der Waals surface area contributed by atoms with Crippen LogP contribution in [0.4, 0.5) is 0 Å². The molecule has 0 amide bonds. The van der Waals surface area contributed by atoms with Crippen LogP contribution in [0.15, 0.2) is 4.99 Å². The second-order valence-corrected chi connectivity index (χ2v) is 7.96. The lowest BCUT2D eigenvalue weighted by Crippen LogP contribution is -2.48. The summed E-state index contributed by atoms with van der Waals surface area (Å²) in [6, 6.07) is 0.541. The van der Waals surface area contributed by atoms with Crippen LogP contribution >= 0.6 is 24.0 Å². The maximum atomic E-state index is 5.81. The van der Waals surface area contributed by atoms with Gasteiger partial charge >= 0.3 is 0 Å². The lowest BCUT2D eigenvalue weighted by Gasteiger charge is -2.35. The van der Waals surface area contributed by atoms with Crippen molar-refractivity contribution in [3.63, 3.8) is 0 Å². The van der Waals surface area contributed by atoms with Crippen molar-refractivity contribution in [2.24, 2.45) is 16.8 Å². The van der Waals surface area contributed by atoms with Crippen LogP contribution in [0.1, 0.15) is 46.0 Å². The molecule has 2 aliphatic rings. The molecule has 2 fully saturated rings. The molecule has 0 aromatic heterocycles. The Morgan fingerprint density at radius 2 is 2.04 bits per heavy atom. The molecule has 0 bridgehead atoms. The normalized spacial score (nSPS) is 23.5. The van der Waals surface area contributed by atoms with Crippen molar-refractivity contribution in [1.82, 2.24) is 15.5 Å². The minimum absolute atomic E-state index is 0. The third-order valence-electron chi connectivity index (χ3n) is 5.55. The SMILES string of the molecule is CN=C(NCCCOCC1CCOCC1)NCC(C)N1CCCC(C)C1.I. The Kier molecular flexibility index (Phi) is 13.7. The monoisotopic (exact) mass is 496 g/mol. The Labute approximate surface area is 183 Å². The summed E-state index contributed by atoms with van der Waals surface area (Å²) < 4.78 is 11.2. The molecule has 0 spiro atoms. The van der Waals surface area contributed by atoms with Crippen LogP contribution < -0.4 is 10.6 Å². The standard InChI is InChI=1S/C20H40N4O2.HI/c1-17-6-4-10-24(15-17)18(2)14-23-20(21-3)22-9-5-11-26-16-19-7-12-25-13-8-19;/h17-19H,4-16H2,1-3H3,(H2,21,22,23);1H. The van der Waals surface area contributed by atoms with Gasteiger partial charge in [0.15, 0.2) is 5.96 Å². The Bertz CT molecular complexity index is 405. The Hall–Kier alpha value is -0.120. The molecule has 6 nitrogen and oxygen atoms in total. The Balaban J connectivity index is 0.00000364. The van der Waals surface area contributed by atoms with Crippen molar-refractivity contribution in [3.8, 4) is 0 Å². The average molecular weight is 496 g/mol. The van der Waals surface area contributed by atoms with Crippen molar-refractivity contribution in [3.05, 3.63) is 0 Å². The van der Waals surface area contributed by atoms with Crippen molar-refractivity contribution >= 4 is 29.9 Å². The topological polar surface area (TPSA) is 58.1 Å². The van der Waals surface area contributed by atoms with Crippen molar-refractivity contribution in [2.75, 3.05) is 59.7 Å². The van der Waals surface area contributed by atoms with Gasteiger partial charge in [-0.25, -0.2) is 0 Å². The number of hydrogen-bond acceptors (Lipinski definition) is 4. The number of rotatable bonds is 9. The first kappa shape index (κ1) is 24.9.